The normalized spacial score (nSPS) is 15.1. The molecule has 2 rings (SSSR count). The van der Waals surface area contributed by atoms with E-state index in [0.29, 0.717) is 19.6 Å². The zero-order valence-electron chi connectivity index (χ0n) is 15.8. The third-order valence-electron chi connectivity index (χ3n) is 4.80. The number of piperazine rings is 1. The Labute approximate surface area is 150 Å². The van der Waals surface area contributed by atoms with Crippen LogP contribution in [0.2, 0.25) is 0 Å². The second-order valence-corrected chi connectivity index (χ2v) is 6.50. The molecule has 6 nitrogen and oxygen atoms in total. The Kier molecular flexibility index (Phi) is 6.82. The number of benzene rings is 1. The van der Waals surface area contributed by atoms with Crippen molar-refractivity contribution < 1.29 is 9.59 Å². The van der Waals surface area contributed by atoms with Gasteiger partial charge in [0.15, 0.2) is 0 Å². The molecular weight excluding hydrogens is 316 g/mol. The zero-order valence-corrected chi connectivity index (χ0v) is 15.8. The molecule has 1 fully saturated rings. The van der Waals surface area contributed by atoms with Crippen molar-refractivity contribution in [3.8, 4) is 0 Å². The van der Waals surface area contributed by atoms with Crippen molar-refractivity contribution in [2.75, 3.05) is 56.0 Å². The molecule has 0 spiro atoms. The van der Waals surface area contributed by atoms with Crippen LogP contribution in [0.5, 0.6) is 0 Å². The van der Waals surface area contributed by atoms with Gasteiger partial charge < -0.3 is 15.1 Å². The quantitative estimate of drug-likeness (QED) is 0.855. The maximum Gasteiger partial charge on any atom is 0.238 e. The molecule has 1 aliphatic heterocycles. The number of anilines is 2. The van der Waals surface area contributed by atoms with E-state index in [1.807, 2.05) is 17.9 Å². The Balaban J connectivity index is 1.89. The molecule has 2 amide bonds. The van der Waals surface area contributed by atoms with Gasteiger partial charge in [0.05, 0.1) is 6.54 Å². The minimum Gasteiger partial charge on any atom is -0.372 e. The molecule has 0 aromatic heterocycles. The maximum atomic E-state index is 12.3. The lowest BCUT2D eigenvalue weighted by Gasteiger charge is -2.33. The minimum atomic E-state index is -0.00466. The predicted molar refractivity (Wildman–Crippen MR) is 102 cm³/mol. The van der Waals surface area contributed by atoms with E-state index >= 15 is 0 Å². The Morgan fingerprint density at radius 3 is 2.28 bits per heavy atom. The first-order chi connectivity index (χ1) is 11.9. The number of rotatable bonds is 6. The monoisotopic (exact) mass is 346 g/mol. The van der Waals surface area contributed by atoms with Gasteiger partial charge in [-0.05, 0) is 44.5 Å². The van der Waals surface area contributed by atoms with Crippen LogP contribution in [0.15, 0.2) is 18.2 Å². The Hall–Kier alpha value is -2.08. The number of hydrogen-bond acceptors (Lipinski definition) is 4. The number of aryl methyl sites for hydroxylation is 1. The van der Waals surface area contributed by atoms with Gasteiger partial charge in [-0.25, -0.2) is 0 Å². The smallest absolute Gasteiger partial charge is 0.238 e. The van der Waals surface area contributed by atoms with Crippen molar-refractivity contribution in [2.24, 2.45) is 0 Å². The van der Waals surface area contributed by atoms with Crippen LogP contribution in [-0.2, 0) is 9.59 Å². The molecule has 138 valence electrons. The molecule has 1 heterocycles. The third-order valence-corrected chi connectivity index (χ3v) is 4.80. The summed E-state index contributed by atoms with van der Waals surface area (Å²) >= 11 is 0. The van der Waals surface area contributed by atoms with Crippen molar-refractivity contribution in [3.05, 3.63) is 23.8 Å². The van der Waals surface area contributed by atoms with Gasteiger partial charge >= 0.3 is 0 Å². The third kappa shape index (κ3) is 5.19. The number of carbonyl (C=O) groups is 2. The van der Waals surface area contributed by atoms with Crippen molar-refractivity contribution >= 4 is 23.2 Å². The first-order valence-corrected chi connectivity index (χ1v) is 9.07. The average Bonchev–Trinajstić information content (AvgIpc) is 2.58. The van der Waals surface area contributed by atoms with E-state index in [4.69, 9.17) is 0 Å². The van der Waals surface area contributed by atoms with Gasteiger partial charge in [0.1, 0.15) is 0 Å². The lowest BCUT2D eigenvalue weighted by Crippen LogP contribution is -2.49. The molecule has 6 heteroatoms. The van der Waals surface area contributed by atoms with Gasteiger partial charge in [0.2, 0.25) is 11.8 Å². The van der Waals surface area contributed by atoms with Crippen molar-refractivity contribution in [3.63, 3.8) is 0 Å². The number of amides is 2. The molecule has 25 heavy (non-hydrogen) atoms. The maximum absolute atomic E-state index is 12.3. The number of nitrogens with zero attached hydrogens (tertiary/aromatic N) is 3. The van der Waals surface area contributed by atoms with Crippen LogP contribution in [0.3, 0.4) is 0 Å². The van der Waals surface area contributed by atoms with Crippen LogP contribution in [0.1, 0.15) is 26.3 Å². The molecular formula is C19H30N4O2. The van der Waals surface area contributed by atoms with E-state index in [9.17, 15) is 9.59 Å². The Morgan fingerprint density at radius 1 is 1.12 bits per heavy atom. The molecule has 0 bridgehead atoms. The fourth-order valence-corrected chi connectivity index (χ4v) is 3.19. The first-order valence-electron chi connectivity index (χ1n) is 9.07. The molecule has 1 N–H and O–H groups in total. The summed E-state index contributed by atoms with van der Waals surface area (Å²) in [5, 5.41) is 3.01. The van der Waals surface area contributed by atoms with Crippen LogP contribution in [0.4, 0.5) is 11.4 Å². The topological polar surface area (TPSA) is 55.9 Å². The average molecular weight is 346 g/mol. The van der Waals surface area contributed by atoms with Crippen LogP contribution in [0.25, 0.3) is 0 Å². The lowest BCUT2D eigenvalue weighted by molar-refractivity contribution is -0.130. The van der Waals surface area contributed by atoms with Gasteiger partial charge in [-0.2, -0.15) is 0 Å². The second-order valence-electron chi connectivity index (χ2n) is 6.50. The van der Waals surface area contributed by atoms with E-state index < -0.39 is 0 Å². The summed E-state index contributed by atoms with van der Waals surface area (Å²) in [5.41, 5.74) is 3.11. The largest absolute Gasteiger partial charge is 0.372 e. The molecule has 0 atom stereocenters. The predicted octanol–water partition coefficient (Wildman–Crippen LogP) is 1.94. The highest BCUT2D eigenvalue weighted by Gasteiger charge is 2.20. The van der Waals surface area contributed by atoms with Gasteiger partial charge in [0, 0.05) is 57.6 Å². The minimum absolute atomic E-state index is 0.00466. The molecule has 0 unspecified atom stereocenters. The highest BCUT2D eigenvalue weighted by Crippen LogP contribution is 2.22. The molecule has 0 radical (unpaired) electrons. The summed E-state index contributed by atoms with van der Waals surface area (Å²) in [5.74, 6) is 0.1000. The summed E-state index contributed by atoms with van der Waals surface area (Å²) in [6, 6.07) is 6.16. The molecule has 1 aromatic carbocycles. The van der Waals surface area contributed by atoms with Crippen molar-refractivity contribution in [2.45, 2.75) is 27.7 Å². The fraction of sp³-hybridized carbons (Fsp3) is 0.579. The molecule has 0 aliphatic carbocycles. The molecule has 1 saturated heterocycles. The van der Waals surface area contributed by atoms with Gasteiger partial charge in [-0.1, -0.05) is 0 Å². The van der Waals surface area contributed by atoms with E-state index in [2.05, 4.69) is 41.1 Å². The van der Waals surface area contributed by atoms with Gasteiger partial charge in [0.25, 0.3) is 0 Å². The zero-order chi connectivity index (χ0) is 18.4. The number of hydrogen-bond donors (Lipinski definition) is 1. The van der Waals surface area contributed by atoms with E-state index in [1.54, 1.807) is 6.92 Å². The van der Waals surface area contributed by atoms with Crippen LogP contribution in [0, 0.1) is 6.92 Å². The Bertz CT molecular complexity index is 605. The SMILES string of the molecule is CCN(CC)c1ccc(NC(=O)CN2CCN(C(C)=O)CC2)c(C)c1. The van der Waals surface area contributed by atoms with Crippen molar-refractivity contribution in [1.82, 2.24) is 9.80 Å². The van der Waals surface area contributed by atoms with E-state index in [0.717, 1.165) is 37.4 Å². The highest BCUT2D eigenvalue weighted by molar-refractivity contribution is 5.93. The summed E-state index contributed by atoms with van der Waals surface area (Å²) in [4.78, 5) is 29.9. The first kappa shape index (κ1) is 19.2. The van der Waals surface area contributed by atoms with E-state index in [-0.39, 0.29) is 11.8 Å². The molecule has 1 aliphatic rings. The van der Waals surface area contributed by atoms with Crippen LogP contribution in [-0.4, -0.2) is 67.4 Å². The Morgan fingerprint density at radius 2 is 1.76 bits per heavy atom. The lowest BCUT2D eigenvalue weighted by atomic mass is 10.1. The van der Waals surface area contributed by atoms with E-state index in [1.165, 1.54) is 5.69 Å². The molecule has 1 aromatic rings. The van der Waals surface area contributed by atoms with Gasteiger partial charge in [-0.3, -0.25) is 14.5 Å². The summed E-state index contributed by atoms with van der Waals surface area (Å²) < 4.78 is 0. The number of nitrogens with one attached hydrogen (secondary N) is 1. The number of carbonyl (C=O) groups excluding carboxylic acids is 2. The van der Waals surface area contributed by atoms with Crippen molar-refractivity contribution in [1.29, 1.82) is 0 Å². The summed E-state index contributed by atoms with van der Waals surface area (Å²) in [7, 11) is 0. The second kappa shape index (κ2) is 8.85. The highest BCUT2D eigenvalue weighted by atomic mass is 16.2. The summed E-state index contributed by atoms with van der Waals surface area (Å²) in [6.45, 7) is 13.1. The summed E-state index contributed by atoms with van der Waals surface area (Å²) in [6.07, 6.45) is 0. The van der Waals surface area contributed by atoms with Gasteiger partial charge in [-0.15, -0.1) is 0 Å². The van der Waals surface area contributed by atoms with Crippen LogP contribution >= 0.6 is 0 Å². The standard InChI is InChI=1S/C19H30N4O2/c1-5-22(6-2)17-7-8-18(15(3)13-17)20-19(25)14-21-9-11-23(12-10-21)16(4)24/h7-8,13H,5-6,9-12,14H2,1-4H3,(H,20,25). The fourth-order valence-electron chi connectivity index (χ4n) is 3.19. The van der Waals surface area contributed by atoms with Crippen LogP contribution < -0.4 is 10.2 Å². The molecule has 0 saturated carbocycles.